The molecule has 2 rings (SSSR count). The normalized spacial score (nSPS) is 17.0. The Labute approximate surface area is 125 Å². The predicted octanol–water partition coefficient (Wildman–Crippen LogP) is 3.12. The van der Waals surface area contributed by atoms with Crippen LogP contribution in [0.3, 0.4) is 0 Å². The smallest absolute Gasteiger partial charge is 0.412 e. The third kappa shape index (κ3) is 3.47. The minimum absolute atomic E-state index is 0.103. The minimum atomic E-state index is -0.554. The third-order valence-corrected chi connectivity index (χ3v) is 3.92. The molecule has 0 aromatic heterocycles. The van der Waals surface area contributed by atoms with E-state index in [1.165, 1.54) is 0 Å². The van der Waals surface area contributed by atoms with E-state index in [1.54, 1.807) is 32.9 Å². The lowest BCUT2D eigenvalue weighted by atomic mass is 9.64. The van der Waals surface area contributed by atoms with Gasteiger partial charge in [-0.2, -0.15) is 0 Å². The summed E-state index contributed by atoms with van der Waals surface area (Å²) in [4.78, 5) is 11.7. The molecule has 0 unspecified atom stereocenters. The molecule has 1 fully saturated rings. The van der Waals surface area contributed by atoms with E-state index in [4.69, 9.17) is 10.5 Å². The first-order chi connectivity index (χ1) is 9.76. The number of ether oxygens (including phenoxy) is 1. The van der Waals surface area contributed by atoms with Crippen LogP contribution in [0.15, 0.2) is 18.2 Å². The Morgan fingerprint density at radius 1 is 1.43 bits per heavy atom. The van der Waals surface area contributed by atoms with Crippen molar-refractivity contribution in [1.82, 2.24) is 0 Å². The van der Waals surface area contributed by atoms with Gasteiger partial charge in [-0.05, 0) is 39.7 Å². The van der Waals surface area contributed by atoms with Gasteiger partial charge in [0, 0.05) is 29.3 Å². The molecule has 5 heteroatoms. The first-order valence-electron chi connectivity index (χ1n) is 7.29. The highest BCUT2D eigenvalue weighted by Gasteiger charge is 2.39. The number of hydrogen-bond donors (Lipinski definition) is 3. The highest BCUT2D eigenvalue weighted by atomic mass is 16.6. The first kappa shape index (κ1) is 15.6. The summed E-state index contributed by atoms with van der Waals surface area (Å²) in [5, 5.41) is 12.8. The molecule has 0 aliphatic heterocycles. The van der Waals surface area contributed by atoms with Gasteiger partial charge in [0.25, 0.3) is 0 Å². The lowest BCUT2D eigenvalue weighted by molar-refractivity contribution is 0.0636. The molecule has 1 aromatic carbocycles. The molecule has 1 saturated carbocycles. The van der Waals surface area contributed by atoms with Gasteiger partial charge in [-0.15, -0.1) is 0 Å². The zero-order chi connectivity index (χ0) is 15.7. The van der Waals surface area contributed by atoms with Crippen molar-refractivity contribution in [2.45, 2.75) is 51.0 Å². The molecule has 21 heavy (non-hydrogen) atoms. The van der Waals surface area contributed by atoms with Gasteiger partial charge in [0.2, 0.25) is 0 Å². The quantitative estimate of drug-likeness (QED) is 0.799. The number of aromatic hydroxyl groups is 1. The maximum absolute atomic E-state index is 11.7. The van der Waals surface area contributed by atoms with Gasteiger partial charge in [-0.25, -0.2) is 4.79 Å². The Hall–Kier alpha value is -1.75. The number of rotatable bonds is 3. The molecule has 0 atom stereocenters. The van der Waals surface area contributed by atoms with Gasteiger partial charge < -0.3 is 15.6 Å². The van der Waals surface area contributed by atoms with Crippen molar-refractivity contribution in [1.29, 1.82) is 0 Å². The van der Waals surface area contributed by atoms with Crippen LogP contribution in [-0.2, 0) is 10.2 Å². The summed E-state index contributed by atoms with van der Waals surface area (Å²) in [5.41, 5.74) is 6.58. The van der Waals surface area contributed by atoms with Crippen molar-refractivity contribution in [2.24, 2.45) is 5.73 Å². The summed E-state index contributed by atoms with van der Waals surface area (Å²) in [6.07, 6.45) is 2.59. The second-order valence-electron chi connectivity index (χ2n) is 6.70. The van der Waals surface area contributed by atoms with Crippen molar-refractivity contribution in [3.8, 4) is 5.75 Å². The molecule has 1 aliphatic carbocycles. The topological polar surface area (TPSA) is 84.6 Å². The van der Waals surface area contributed by atoms with E-state index in [2.05, 4.69) is 5.32 Å². The van der Waals surface area contributed by atoms with Crippen molar-refractivity contribution in [3.63, 3.8) is 0 Å². The summed E-state index contributed by atoms with van der Waals surface area (Å²) in [6, 6.07) is 5.16. The molecular weight excluding hydrogens is 268 g/mol. The minimum Gasteiger partial charge on any atom is -0.508 e. The number of phenolic OH excluding ortho intramolecular Hbond substituents is 1. The Kier molecular flexibility index (Phi) is 4.14. The zero-order valence-corrected chi connectivity index (χ0v) is 12.9. The SMILES string of the molecule is CC(C)(C)OC(=O)Nc1ccc(C2(CN)CCC2)c(O)c1. The molecule has 0 heterocycles. The average Bonchev–Trinajstić information content (AvgIpc) is 2.28. The number of anilines is 1. The number of carbonyl (C=O) groups excluding carboxylic acids is 1. The van der Waals surface area contributed by atoms with E-state index in [0.717, 1.165) is 24.8 Å². The van der Waals surface area contributed by atoms with Crippen molar-refractivity contribution < 1.29 is 14.6 Å². The summed E-state index contributed by atoms with van der Waals surface area (Å²) in [5.74, 6) is 0.175. The molecule has 1 amide bonds. The lowest BCUT2D eigenvalue weighted by Crippen LogP contribution is -2.41. The van der Waals surface area contributed by atoms with Gasteiger partial charge in [-0.1, -0.05) is 12.5 Å². The second-order valence-corrected chi connectivity index (χ2v) is 6.70. The summed E-state index contributed by atoms with van der Waals surface area (Å²) < 4.78 is 5.18. The lowest BCUT2D eigenvalue weighted by Gasteiger charge is -2.41. The van der Waals surface area contributed by atoms with Crippen LogP contribution in [0.25, 0.3) is 0 Å². The molecule has 1 aliphatic rings. The summed E-state index contributed by atoms with van der Waals surface area (Å²) >= 11 is 0. The van der Waals surface area contributed by atoms with Crippen molar-refractivity contribution >= 4 is 11.8 Å². The molecule has 0 bridgehead atoms. The Bertz CT molecular complexity index is 525. The van der Waals surface area contributed by atoms with Crippen LogP contribution in [0.2, 0.25) is 0 Å². The number of carbonyl (C=O) groups is 1. The number of phenols is 1. The fourth-order valence-corrected chi connectivity index (χ4v) is 2.67. The van der Waals surface area contributed by atoms with E-state index in [-0.39, 0.29) is 11.2 Å². The van der Waals surface area contributed by atoms with Gasteiger partial charge in [-0.3, -0.25) is 5.32 Å². The molecule has 4 N–H and O–H groups in total. The number of nitrogens with two attached hydrogens (primary N) is 1. The van der Waals surface area contributed by atoms with Crippen LogP contribution in [0.4, 0.5) is 10.5 Å². The van der Waals surface area contributed by atoms with Gasteiger partial charge in [0.05, 0.1) is 0 Å². The van der Waals surface area contributed by atoms with E-state index >= 15 is 0 Å². The fourth-order valence-electron chi connectivity index (χ4n) is 2.67. The van der Waals surface area contributed by atoms with E-state index in [1.807, 2.05) is 6.07 Å². The fraction of sp³-hybridized carbons (Fsp3) is 0.562. The number of benzene rings is 1. The number of hydrogen-bond acceptors (Lipinski definition) is 4. The van der Waals surface area contributed by atoms with E-state index in [9.17, 15) is 9.90 Å². The second kappa shape index (κ2) is 5.56. The molecule has 116 valence electrons. The summed E-state index contributed by atoms with van der Waals surface area (Å²) in [7, 11) is 0. The van der Waals surface area contributed by atoms with Gasteiger partial charge in [0.1, 0.15) is 11.4 Å². The van der Waals surface area contributed by atoms with Crippen LogP contribution in [0.1, 0.15) is 45.6 Å². The van der Waals surface area contributed by atoms with Crippen LogP contribution in [0.5, 0.6) is 5.75 Å². The van der Waals surface area contributed by atoms with Gasteiger partial charge >= 0.3 is 6.09 Å². The molecule has 0 saturated heterocycles. The number of nitrogens with one attached hydrogen (secondary N) is 1. The Balaban J connectivity index is 2.11. The summed E-state index contributed by atoms with van der Waals surface area (Å²) in [6.45, 7) is 5.93. The van der Waals surface area contributed by atoms with Gasteiger partial charge in [0.15, 0.2) is 0 Å². The predicted molar refractivity (Wildman–Crippen MR) is 82.5 cm³/mol. The largest absolute Gasteiger partial charge is 0.508 e. The average molecular weight is 292 g/mol. The monoisotopic (exact) mass is 292 g/mol. The Morgan fingerprint density at radius 2 is 2.10 bits per heavy atom. The molecule has 0 spiro atoms. The highest BCUT2D eigenvalue weighted by molar-refractivity contribution is 5.85. The third-order valence-electron chi connectivity index (χ3n) is 3.92. The van der Waals surface area contributed by atoms with E-state index < -0.39 is 11.7 Å². The maximum atomic E-state index is 11.7. The molecular formula is C16H24N2O3. The van der Waals surface area contributed by atoms with Crippen LogP contribution in [0, 0.1) is 0 Å². The molecule has 5 nitrogen and oxygen atoms in total. The van der Waals surface area contributed by atoms with Crippen molar-refractivity contribution in [3.05, 3.63) is 23.8 Å². The first-order valence-corrected chi connectivity index (χ1v) is 7.29. The molecule has 1 aromatic rings. The van der Waals surface area contributed by atoms with Crippen LogP contribution < -0.4 is 11.1 Å². The number of amides is 1. The molecule has 0 radical (unpaired) electrons. The highest BCUT2D eigenvalue weighted by Crippen LogP contribution is 2.46. The van der Waals surface area contributed by atoms with E-state index in [0.29, 0.717) is 12.2 Å². The standard InChI is InChI=1S/C16H24N2O3/c1-15(2,3)21-14(20)18-11-5-6-12(13(19)9-11)16(10-17)7-4-8-16/h5-6,9,19H,4,7-8,10,17H2,1-3H3,(H,18,20). The van der Waals surface area contributed by atoms with Crippen LogP contribution in [-0.4, -0.2) is 23.3 Å². The zero-order valence-electron chi connectivity index (χ0n) is 12.9. The van der Waals surface area contributed by atoms with Crippen LogP contribution >= 0.6 is 0 Å². The Morgan fingerprint density at radius 3 is 2.52 bits per heavy atom. The maximum Gasteiger partial charge on any atom is 0.412 e. The van der Waals surface area contributed by atoms with Crippen molar-refractivity contribution in [2.75, 3.05) is 11.9 Å².